The number of anilines is 1. The number of unbranched alkanes of at least 4 members (excludes halogenated alkanes) is 1. The molecule has 6 nitrogen and oxygen atoms in total. The fraction of sp³-hybridized carbons (Fsp3) is 0.222. The maximum Gasteiger partial charge on any atom is 0.260 e. The van der Waals surface area contributed by atoms with Crippen LogP contribution in [-0.2, 0) is 4.79 Å². The standard InChI is InChI=1S/C18H18N4O2/c1-2-3-8-16(23)20-15-7-5-4-6-14(15)18-21-17(22-24-18)13-9-11-19-12-10-13/h4-7,9-12H,2-3,8H2,1H3,(H,20,23). The zero-order valence-corrected chi connectivity index (χ0v) is 13.4. The molecule has 0 aliphatic carbocycles. The number of amides is 1. The summed E-state index contributed by atoms with van der Waals surface area (Å²) in [6.07, 6.45) is 5.69. The van der Waals surface area contributed by atoms with Crippen molar-refractivity contribution in [2.24, 2.45) is 0 Å². The lowest BCUT2D eigenvalue weighted by Crippen LogP contribution is -2.11. The highest BCUT2D eigenvalue weighted by molar-refractivity contribution is 5.94. The van der Waals surface area contributed by atoms with Crippen LogP contribution in [-0.4, -0.2) is 21.0 Å². The molecule has 6 heteroatoms. The smallest absolute Gasteiger partial charge is 0.260 e. The molecule has 24 heavy (non-hydrogen) atoms. The normalized spacial score (nSPS) is 10.5. The number of pyridine rings is 1. The van der Waals surface area contributed by atoms with E-state index in [4.69, 9.17) is 4.52 Å². The third-order valence-electron chi connectivity index (χ3n) is 3.55. The predicted molar refractivity (Wildman–Crippen MR) is 91.1 cm³/mol. The first-order chi connectivity index (χ1) is 11.8. The molecule has 0 bridgehead atoms. The van der Waals surface area contributed by atoms with Gasteiger partial charge in [0, 0.05) is 24.4 Å². The summed E-state index contributed by atoms with van der Waals surface area (Å²) >= 11 is 0. The third-order valence-corrected chi connectivity index (χ3v) is 3.55. The van der Waals surface area contributed by atoms with E-state index in [1.165, 1.54) is 0 Å². The zero-order valence-electron chi connectivity index (χ0n) is 13.4. The van der Waals surface area contributed by atoms with Gasteiger partial charge in [0.25, 0.3) is 5.89 Å². The van der Waals surface area contributed by atoms with Crippen LogP contribution in [0.4, 0.5) is 5.69 Å². The maximum absolute atomic E-state index is 12.0. The molecule has 0 saturated heterocycles. The summed E-state index contributed by atoms with van der Waals surface area (Å²) in [5.41, 5.74) is 2.20. The average Bonchev–Trinajstić information content (AvgIpc) is 3.11. The Bertz CT molecular complexity index is 815. The molecule has 2 heterocycles. The number of nitrogens with zero attached hydrogens (tertiary/aromatic N) is 3. The number of hydrogen-bond donors (Lipinski definition) is 1. The van der Waals surface area contributed by atoms with Gasteiger partial charge in [-0.15, -0.1) is 0 Å². The van der Waals surface area contributed by atoms with Crippen molar-refractivity contribution in [1.82, 2.24) is 15.1 Å². The van der Waals surface area contributed by atoms with Crippen LogP contribution < -0.4 is 5.32 Å². The molecule has 0 aliphatic heterocycles. The SMILES string of the molecule is CCCCC(=O)Nc1ccccc1-c1nc(-c2ccncc2)no1. The number of rotatable bonds is 6. The molecule has 122 valence electrons. The molecule has 0 fully saturated rings. The fourth-order valence-corrected chi connectivity index (χ4v) is 2.28. The summed E-state index contributed by atoms with van der Waals surface area (Å²) in [7, 11) is 0. The van der Waals surface area contributed by atoms with Crippen LogP contribution in [0.3, 0.4) is 0 Å². The predicted octanol–water partition coefficient (Wildman–Crippen LogP) is 3.93. The van der Waals surface area contributed by atoms with Gasteiger partial charge >= 0.3 is 0 Å². The minimum absolute atomic E-state index is 0.0156. The largest absolute Gasteiger partial charge is 0.334 e. The Hall–Kier alpha value is -3.02. The van der Waals surface area contributed by atoms with E-state index in [0.29, 0.717) is 29.4 Å². The van der Waals surface area contributed by atoms with E-state index in [0.717, 1.165) is 18.4 Å². The molecule has 3 aromatic rings. The van der Waals surface area contributed by atoms with E-state index < -0.39 is 0 Å². The Labute approximate surface area is 139 Å². The van der Waals surface area contributed by atoms with Crippen LogP contribution in [0.5, 0.6) is 0 Å². The van der Waals surface area contributed by atoms with Gasteiger partial charge in [-0.3, -0.25) is 9.78 Å². The molecule has 3 rings (SSSR count). The van der Waals surface area contributed by atoms with Crippen LogP contribution in [0.1, 0.15) is 26.2 Å². The molecule has 1 amide bonds. The lowest BCUT2D eigenvalue weighted by molar-refractivity contribution is -0.116. The number of nitrogens with one attached hydrogen (secondary N) is 1. The first kappa shape index (κ1) is 15.9. The number of carbonyl (C=O) groups is 1. The summed E-state index contributed by atoms with van der Waals surface area (Å²) in [6, 6.07) is 11.0. The highest BCUT2D eigenvalue weighted by Crippen LogP contribution is 2.28. The second kappa shape index (κ2) is 7.50. The summed E-state index contributed by atoms with van der Waals surface area (Å²) in [6.45, 7) is 2.06. The Balaban J connectivity index is 1.85. The minimum Gasteiger partial charge on any atom is -0.334 e. The Morgan fingerprint density at radius 3 is 2.75 bits per heavy atom. The van der Waals surface area contributed by atoms with E-state index in [1.54, 1.807) is 12.4 Å². The summed E-state index contributed by atoms with van der Waals surface area (Å²) in [4.78, 5) is 20.4. The molecule has 0 unspecified atom stereocenters. The van der Waals surface area contributed by atoms with Gasteiger partial charge in [-0.25, -0.2) is 0 Å². The third kappa shape index (κ3) is 3.65. The molecule has 0 aliphatic rings. The van der Waals surface area contributed by atoms with Gasteiger partial charge < -0.3 is 9.84 Å². The Kier molecular flexibility index (Phi) is 4.96. The number of carbonyl (C=O) groups excluding carboxylic acids is 1. The molecule has 1 N–H and O–H groups in total. The summed E-state index contributed by atoms with van der Waals surface area (Å²) < 4.78 is 5.38. The molecule has 0 atom stereocenters. The first-order valence-electron chi connectivity index (χ1n) is 7.91. The Morgan fingerprint density at radius 2 is 1.96 bits per heavy atom. The molecular weight excluding hydrogens is 304 g/mol. The second-order valence-electron chi connectivity index (χ2n) is 5.36. The van der Waals surface area contributed by atoms with Crippen molar-refractivity contribution in [2.45, 2.75) is 26.2 Å². The fourth-order valence-electron chi connectivity index (χ4n) is 2.28. The first-order valence-corrected chi connectivity index (χ1v) is 7.91. The van der Waals surface area contributed by atoms with Crippen LogP contribution >= 0.6 is 0 Å². The van der Waals surface area contributed by atoms with Crippen molar-refractivity contribution in [3.8, 4) is 22.8 Å². The highest BCUT2D eigenvalue weighted by atomic mass is 16.5. The van der Waals surface area contributed by atoms with Crippen molar-refractivity contribution in [3.63, 3.8) is 0 Å². The van der Waals surface area contributed by atoms with Crippen LogP contribution in [0, 0.1) is 0 Å². The zero-order chi connectivity index (χ0) is 16.8. The van der Waals surface area contributed by atoms with E-state index in [9.17, 15) is 4.79 Å². The van der Waals surface area contributed by atoms with Gasteiger partial charge in [0.15, 0.2) is 0 Å². The molecule has 0 radical (unpaired) electrons. The van der Waals surface area contributed by atoms with Crippen molar-refractivity contribution in [2.75, 3.05) is 5.32 Å². The summed E-state index contributed by atoms with van der Waals surface area (Å²) in [5, 5.41) is 6.92. The van der Waals surface area contributed by atoms with Crippen LogP contribution in [0.15, 0.2) is 53.3 Å². The van der Waals surface area contributed by atoms with E-state index in [-0.39, 0.29) is 5.91 Å². The molecule has 0 saturated carbocycles. The van der Waals surface area contributed by atoms with Gasteiger partial charge in [-0.1, -0.05) is 30.6 Å². The van der Waals surface area contributed by atoms with E-state index in [1.807, 2.05) is 36.4 Å². The van der Waals surface area contributed by atoms with Gasteiger partial charge in [0.2, 0.25) is 11.7 Å². The Morgan fingerprint density at radius 1 is 1.17 bits per heavy atom. The molecule has 2 aromatic heterocycles. The number of hydrogen-bond acceptors (Lipinski definition) is 5. The molecule has 0 spiro atoms. The highest BCUT2D eigenvalue weighted by Gasteiger charge is 2.15. The van der Waals surface area contributed by atoms with Gasteiger partial charge in [-0.2, -0.15) is 4.98 Å². The van der Waals surface area contributed by atoms with Gasteiger partial charge in [0.05, 0.1) is 11.3 Å². The summed E-state index contributed by atoms with van der Waals surface area (Å²) in [5.74, 6) is 0.839. The number of benzene rings is 1. The van der Waals surface area contributed by atoms with E-state index >= 15 is 0 Å². The maximum atomic E-state index is 12.0. The molecular formula is C18H18N4O2. The number of aromatic nitrogens is 3. The van der Waals surface area contributed by atoms with Crippen molar-refractivity contribution in [1.29, 1.82) is 0 Å². The van der Waals surface area contributed by atoms with Gasteiger partial charge in [-0.05, 0) is 30.7 Å². The topological polar surface area (TPSA) is 80.9 Å². The van der Waals surface area contributed by atoms with Gasteiger partial charge in [0.1, 0.15) is 0 Å². The average molecular weight is 322 g/mol. The number of para-hydroxylation sites is 1. The molecule has 1 aromatic carbocycles. The lowest BCUT2D eigenvalue weighted by Gasteiger charge is -2.08. The van der Waals surface area contributed by atoms with E-state index in [2.05, 4.69) is 27.4 Å². The van der Waals surface area contributed by atoms with Crippen molar-refractivity contribution >= 4 is 11.6 Å². The van der Waals surface area contributed by atoms with Crippen molar-refractivity contribution in [3.05, 3.63) is 48.8 Å². The monoisotopic (exact) mass is 322 g/mol. The quantitative estimate of drug-likeness (QED) is 0.743. The second-order valence-corrected chi connectivity index (χ2v) is 5.36. The van der Waals surface area contributed by atoms with Crippen LogP contribution in [0.2, 0.25) is 0 Å². The van der Waals surface area contributed by atoms with Crippen LogP contribution in [0.25, 0.3) is 22.8 Å². The minimum atomic E-state index is -0.0156. The van der Waals surface area contributed by atoms with Crippen molar-refractivity contribution < 1.29 is 9.32 Å². The lowest BCUT2D eigenvalue weighted by atomic mass is 10.1.